The molecule has 0 radical (unpaired) electrons. The number of fused-ring (bicyclic) bond motifs is 1. The van der Waals surface area contributed by atoms with Crippen molar-refractivity contribution in [1.29, 1.82) is 0 Å². The van der Waals surface area contributed by atoms with E-state index in [9.17, 15) is 14.4 Å². The molecule has 31 heavy (non-hydrogen) atoms. The lowest BCUT2D eigenvalue weighted by Gasteiger charge is -2.14. The number of rotatable bonds is 6. The van der Waals surface area contributed by atoms with Gasteiger partial charge < -0.3 is 5.32 Å². The van der Waals surface area contributed by atoms with E-state index in [0.717, 1.165) is 35.2 Å². The fourth-order valence-electron chi connectivity index (χ4n) is 3.93. The molecular weight excluding hydrogens is 388 g/mol. The maximum atomic E-state index is 13.0. The topological polar surface area (TPSA) is 66.5 Å². The average molecular weight is 412 g/mol. The van der Waals surface area contributed by atoms with Crippen molar-refractivity contribution in [2.45, 2.75) is 33.2 Å². The highest BCUT2D eigenvalue weighted by molar-refractivity contribution is 6.22. The minimum Gasteiger partial charge on any atom is -0.321 e. The number of carbonyl (C=O) groups is 3. The summed E-state index contributed by atoms with van der Waals surface area (Å²) >= 11 is 0. The molecule has 1 heterocycles. The summed E-state index contributed by atoms with van der Waals surface area (Å²) in [5.74, 6) is -0.998. The lowest BCUT2D eigenvalue weighted by Crippen LogP contribution is -2.29. The van der Waals surface area contributed by atoms with Crippen LogP contribution in [0.25, 0.3) is 0 Å². The van der Waals surface area contributed by atoms with E-state index >= 15 is 0 Å². The van der Waals surface area contributed by atoms with Gasteiger partial charge in [-0.15, -0.1) is 0 Å². The first-order valence-corrected chi connectivity index (χ1v) is 10.5. The van der Waals surface area contributed by atoms with Gasteiger partial charge in [-0.2, -0.15) is 0 Å². The van der Waals surface area contributed by atoms with Gasteiger partial charge in [0, 0.05) is 11.3 Å². The van der Waals surface area contributed by atoms with Crippen LogP contribution >= 0.6 is 0 Å². The Hall–Kier alpha value is -3.73. The molecule has 156 valence electrons. The Morgan fingerprint density at radius 2 is 1.45 bits per heavy atom. The van der Waals surface area contributed by atoms with E-state index in [4.69, 9.17) is 0 Å². The third-order valence-corrected chi connectivity index (χ3v) is 5.65. The summed E-state index contributed by atoms with van der Waals surface area (Å²) in [4.78, 5) is 39.9. The molecular formula is C26H24N2O3. The lowest BCUT2D eigenvalue weighted by atomic mass is 10.0. The van der Waals surface area contributed by atoms with Crippen LogP contribution in [0.15, 0.2) is 66.7 Å². The summed E-state index contributed by atoms with van der Waals surface area (Å²) in [5.41, 5.74) is 4.79. The van der Waals surface area contributed by atoms with Crippen molar-refractivity contribution in [3.05, 3.63) is 100 Å². The second-order valence-corrected chi connectivity index (χ2v) is 7.55. The number of nitrogens with one attached hydrogen (secondary N) is 1. The SMILES string of the molecule is CCc1cccc(CC)c1NC(=O)c1ccc2c(c1)C(=O)N(Cc1ccccc1)C2=O. The minimum atomic E-state index is -0.373. The van der Waals surface area contributed by atoms with Crippen LogP contribution in [0.1, 0.15) is 61.6 Å². The zero-order valence-corrected chi connectivity index (χ0v) is 17.6. The molecule has 0 aliphatic carbocycles. The fourth-order valence-corrected chi connectivity index (χ4v) is 3.93. The highest BCUT2D eigenvalue weighted by Gasteiger charge is 2.36. The van der Waals surface area contributed by atoms with Gasteiger partial charge in [0.2, 0.25) is 0 Å². The van der Waals surface area contributed by atoms with Gasteiger partial charge in [0.15, 0.2) is 0 Å². The molecule has 0 atom stereocenters. The Labute approximate surface area is 181 Å². The summed E-state index contributed by atoms with van der Waals surface area (Å²) in [7, 11) is 0. The molecule has 0 bridgehead atoms. The van der Waals surface area contributed by atoms with Crippen molar-refractivity contribution in [2.75, 3.05) is 5.32 Å². The molecule has 1 aliphatic heterocycles. The van der Waals surface area contributed by atoms with Crippen LogP contribution in [0.3, 0.4) is 0 Å². The molecule has 0 spiro atoms. The Morgan fingerprint density at radius 1 is 0.806 bits per heavy atom. The number of hydrogen-bond donors (Lipinski definition) is 1. The number of imide groups is 1. The Morgan fingerprint density at radius 3 is 2.10 bits per heavy atom. The van der Waals surface area contributed by atoms with Gasteiger partial charge in [-0.25, -0.2) is 0 Å². The van der Waals surface area contributed by atoms with Crippen LogP contribution in [0.4, 0.5) is 5.69 Å². The number of anilines is 1. The van der Waals surface area contributed by atoms with Gasteiger partial charge in [0.05, 0.1) is 17.7 Å². The van der Waals surface area contributed by atoms with E-state index in [1.807, 2.05) is 62.4 Å². The number of amides is 3. The first kappa shape index (κ1) is 20.5. The van der Waals surface area contributed by atoms with Gasteiger partial charge in [0.25, 0.3) is 17.7 Å². The predicted molar refractivity (Wildman–Crippen MR) is 120 cm³/mol. The molecule has 5 heteroatoms. The molecule has 0 fully saturated rings. The summed E-state index contributed by atoms with van der Waals surface area (Å²) < 4.78 is 0. The third kappa shape index (κ3) is 3.87. The molecule has 4 rings (SSSR count). The predicted octanol–water partition coefficient (Wildman–Crippen LogP) is 4.86. The second kappa shape index (κ2) is 8.56. The molecule has 0 aromatic heterocycles. The molecule has 0 saturated heterocycles. The summed E-state index contributed by atoms with van der Waals surface area (Å²) in [6.07, 6.45) is 1.60. The standard InChI is InChI=1S/C26H24N2O3/c1-3-18-11-8-12-19(4-2)23(18)27-24(29)20-13-14-21-22(15-20)26(31)28(25(21)30)16-17-9-6-5-7-10-17/h5-15H,3-4,16H2,1-2H3,(H,27,29). The van der Waals surface area contributed by atoms with Crippen LogP contribution in [0, 0.1) is 0 Å². The molecule has 3 amide bonds. The Bertz CT molecular complexity index is 1150. The Balaban J connectivity index is 1.60. The van der Waals surface area contributed by atoms with Crippen molar-refractivity contribution in [3.8, 4) is 0 Å². The van der Waals surface area contributed by atoms with E-state index in [1.54, 1.807) is 12.1 Å². The quantitative estimate of drug-likeness (QED) is 0.588. The molecule has 1 N–H and O–H groups in total. The molecule has 3 aromatic rings. The normalized spacial score (nSPS) is 12.8. The molecule has 1 aliphatic rings. The van der Waals surface area contributed by atoms with Gasteiger partial charge in [0.1, 0.15) is 0 Å². The third-order valence-electron chi connectivity index (χ3n) is 5.65. The zero-order valence-electron chi connectivity index (χ0n) is 17.6. The minimum absolute atomic E-state index is 0.207. The summed E-state index contributed by atoms with van der Waals surface area (Å²) in [6, 6.07) is 20.1. The number of para-hydroxylation sites is 1. The zero-order chi connectivity index (χ0) is 22.0. The van der Waals surface area contributed by atoms with Gasteiger partial charge in [-0.3, -0.25) is 19.3 Å². The molecule has 5 nitrogen and oxygen atoms in total. The van der Waals surface area contributed by atoms with E-state index in [1.165, 1.54) is 11.0 Å². The number of nitrogens with zero attached hydrogens (tertiary/aromatic N) is 1. The first-order valence-electron chi connectivity index (χ1n) is 10.5. The molecule has 0 unspecified atom stereocenters. The summed E-state index contributed by atoms with van der Waals surface area (Å²) in [6.45, 7) is 4.30. The van der Waals surface area contributed by atoms with Crippen LogP contribution in [0.2, 0.25) is 0 Å². The molecule has 0 saturated carbocycles. The highest BCUT2D eigenvalue weighted by Crippen LogP contribution is 2.27. The molecule has 3 aromatic carbocycles. The number of benzene rings is 3. The van der Waals surface area contributed by atoms with E-state index < -0.39 is 0 Å². The number of hydrogen-bond acceptors (Lipinski definition) is 3. The van der Waals surface area contributed by atoms with Crippen molar-refractivity contribution >= 4 is 23.4 Å². The highest BCUT2D eigenvalue weighted by atomic mass is 16.2. The van der Waals surface area contributed by atoms with Crippen LogP contribution in [-0.4, -0.2) is 22.6 Å². The maximum Gasteiger partial charge on any atom is 0.261 e. The summed E-state index contributed by atoms with van der Waals surface area (Å²) in [5, 5.41) is 3.02. The van der Waals surface area contributed by atoms with E-state index in [2.05, 4.69) is 5.32 Å². The average Bonchev–Trinajstić information content (AvgIpc) is 3.04. The van der Waals surface area contributed by atoms with Crippen LogP contribution in [-0.2, 0) is 19.4 Å². The van der Waals surface area contributed by atoms with Gasteiger partial charge in [-0.1, -0.05) is 62.4 Å². The maximum absolute atomic E-state index is 13.0. The monoisotopic (exact) mass is 412 g/mol. The van der Waals surface area contributed by atoms with Crippen molar-refractivity contribution in [2.24, 2.45) is 0 Å². The fraction of sp³-hybridized carbons (Fsp3) is 0.192. The van der Waals surface area contributed by atoms with Crippen molar-refractivity contribution in [3.63, 3.8) is 0 Å². The largest absolute Gasteiger partial charge is 0.321 e. The first-order chi connectivity index (χ1) is 15.0. The van der Waals surface area contributed by atoms with Gasteiger partial charge >= 0.3 is 0 Å². The smallest absolute Gasteiger partial charge is 0.261 e. The second-order valence-electron chi connectivity index (χ2n) is 7.55. The number of aryl methyl sites for hydroxylation is 2. The lowest BCUT2D eigenvalue weighted by molar-refractivity contribution is 0.0642. The van der Waals surface area contributed by atoms with Gasteiger partial charge in [-0.05, 0) is 47.7 Å². The van der Waals surface area contributed by atoms with E-state index in [-0.39, 0.29) is 29.8 Å². The van der Waals surface area contributed by atoms with Crippen LogP contribution < -0.4 is 5.32 Å². The number of carbonyl (C=O) groups excluding carboxylic acids is 3. The van der Waals surface area contributed by atoms with E-state index in [0.29, 0.717) is 11.1 Å². The van der Waals surface area contributed by atoms with Crippen LogP contribution in [0.5, 0.6) is 0 Å². The van der Waals surface area contributed by atoms with Crippen molar-refractivity contribution < 1.29 is 14.4 Å². The van der Waals surface area contributed by atoms with Crippen molar-refractivity contribution in [1.82, 2.24) is 4.90 Å². The Kier molecular flexibility index (Phi) is 5.67.